The molecule has 0 radical (unpaired) electrons. The van der Waals surface area contributed by atoms with Gasteiger partial charge < -0.3 is 9.47 Å². The lowest BCUT2D eigenvalue weighted by atomic mass is 10.1. The molecule has 22 heavy (non-hydrogen) atoms. The molecular formula is C18H23BrN2S. The lowest BCUT2D eigenvalue weighted by Gasteiger charge is -2.25. The number of thioether (sulfide) groups is 1. The molecule has 0 saturated heterocycles. The molecule has 118 valence electrons. The smallest absolute Gasteiger partial charge is 0.0488 e. The lowest BCUT2D eigenvalue weighted by Crippen LogP contribution is -2.24. The van der Waals surface area contributed by atoms with Crippen molar-refractivity contribution in [2.45, 2.75) is 25.1 Å². The summed E-state index contributed by atoms with van der Waals surface area (Å²) in [4.78, 5) is 2.28. The van der Waals surface area contributed by atoms with Crippen LogP contribution in [0.1, 0.15) is 24.2 Å². The van der Waals surface area contributed by atoms with E-state index in [1.54, 1.807) is 5.69 Å². The molecule has 1 atom stereocenters. The maximum absolute atomic E-state index is 3.54. The number of likely N-dealkylation sites (N-methyl/N-ethyl adjacent to an activating group) is 1. The average molecular weight is 379 g/mol. The van der Waals surface area contributed by atoms with Gasteiger partial charge in [0.25, 0.3) is 0 Å². The summed E-state index contributed by atoms with van der Waals surface area (Å²) in [6.07, 6.45) is 1.19. The maximum Gasteiger partial charge on any atom is 0.0488 e. The van der Waals surface area contributed by atoms with Gasteiger partial charge in [-0.25, -0.2) is 0 Å². The Kier molecular flexibility index (Phi) is 5.00. The second kappa shape index (κ2) is 6.81. The molecule has 0 N–H and O–H groups in total. The number of nitrogens with zero attached hydrogens (tertiary/aromatic N) is 2. The van der Waals surface area contributed by atoms with Crippen LogP contribution in [0.4, 0.5) is 0 Å². The van der Waals surface area contributed by atoms with E-state index in [0.717, 1.165) is 16.8 Å². The quantitative estimate of drug-likeness (QED) is 0.752. The van der Waals surface area contributed by atoms with Crippen molar-refractivity contribution in [2.75, 3.05) is 26.4 Å². The summed E-state index contributed by atoms with van der Waals surface area (Å²) >= 11 is 5.59. The fourth-order valence-corrected chi connectivity index (χ4v) is 4.55. The van der Waals surface area contributed by atoms with Crippen molar-refractivity contribution in [3.8, 4) is 11.3 Å². The summed E-state index contributed by atoms with van der Waals surface area (Å²) in [7, 11) is 4.31. The minimum atomic E-state index is 0.487. The Morgan fingerprint density at radius 2 is 2.00 bits per heavy atom. The van der Waals surface area contributed by atoms with Gasteiger partial charge in [-0.1, -0.05) is 28.1 Å². The minimum Gasteiger partial charge on any atom is -0.340 e. The topological polar surface area (TPSA) is 8.17 Å². The summed E-state index contributed by atoms with van der Waals surface area (Å²) in [5, 5.41) is 0. The van der Waals surface area contributed by atoms with E-state index < -0.39 is 0 Å². The largest absolute Gasteiger partial charge is 0.340 e. The van der Waals surface area contributed by atoms with Gasteiger partial charge in [-0.15, -0.1) is 0 Å². The number of aromatic nitrogens is 1. The fourth-order valence-electron chi connectivity index (χ4n) is 3.33. The van der Waals surface area contributed by atoms with Crippen LogP contribution >= 0.6 is 27.7 Å². The number of fused-ring (bicyclic) bond motifs is 1. The highest BCUT2D eigenvalue weighted by molar-refractivity contribution is 9.10. The zero-order valence-electron chi connectivity index (χ0n) is 13.5. The maximum atomic E-state index is 3.54. The van der Waals surface area contributed by atoms with Crippen molar-refractivity contribution < 1.29 is 0 Å². The van der Waals surface area contributed by atoms with Gasteiger partial charge in [0.2, 0.25) is 0 Å². The van der Waals surface area contributed by atoms with Crippen molar-refractivity contribution in [1.29, 1.82) is 0 Å². The number of hydrogen-bond acceptors (Lipinski definition) is 2. The monoisotopic (exact) mass is 378 g/mol. The first-order valence-corrected chi connectivity index (χ1v) is 9.72. The van der Waals surface area contributed by atoms with E-state index in [1.165, 1.54) is 29.0 Å². The number of hydrogen-bond donors (Lipinski definition) is 0. The summed E-state index contributed by atoms with van der Waals surface area (Å²) in [5.74, 6) is 2.39. The Labute approximate surface area is 146 Å². The molecule has 0 amide bonds. The molecule has 3 rings (SSSR count). The van der Waals surface area contributed by atoms with Crippen LogP contribution in [0.3, 0.4) is 0 Å². The van der Waals surface area contributed by atoms with Crippen molar-refractivity contribution in [2.24, 2.45) is 0 Å². The molecular weight excluding hydrogens is 356 g/mol. The van der Waals surface area contributed by atoms with E-state index in [9.17, 15) is 0 Å². The molecule has 0 saturated carbocycles. The zero-order chi connectivity index (χ0) is 15.7. The Morgan fingerprint density at radius 3 is 2.68 bits per heavy atom. The molecule has 4 heteroatoms. The first kappa shape index (κ1) is 16.2. The predicted octanol–water partition coefficient (Wildman–Crippen LogP) is 4.83. The van der Waals surface area contributed by atoms with Gasteiger partial charge in [0.1, 0.15) is 0 Å². The van der Waals surface area contributed by atoms with Gasteiger partial charge in [-0.3, -0.25) is 0 Å². The van der Waals surface area contributed by atoms with Gasteiger partial charge >= 0.3 is 0 Å². The summed E-state index contributed by atoms with van der Waals surface area (Å²) in [6, 6.07) is 11.6. The van der Waals surface area contributed by atoms with E-state index in [1.807, 2.05) is 0 Å². The number of benzene rings is 1. The SMILES string of the molecule is CC(CN(C)C)n1c(-c2ccc(Br)cc2)cc2c1CCSC2. The fraction of sp³-hybridized carbons (Fsp3) is 0.444. The average Bonchev–Trinajstić information content (AvgIpc) is 2.86. The minimum absolute atomic E-state index is 0.487. The van der Waals surface area contributed by atoms with Crippen LogP contribution in [0.2, 0.25) is 0 Å². The highest BCUT2D eigenvalue weighted by Gasteiger charge is 2.22. The molecule has 0 aliphatic carbocycles. The zero-order valence-corrected chi connectivity index (χ0v) is 15.9. The Balaban J connectivity index is 2.08. The highest BCUT2D eigenvalue weighted by atomic mass is 79.9. The van der Waals surface area contributed by atoms with Crippen LogP contribution < -0.4 is 0 Å². The molecule has 1 aliphatic heterocycles. The molecule has 1 unspecified atom stereocenters. The van der Waals surface area contributed by atoms with Gasteiger partial charge in [0.15, 0.2) is 0 Å². The highest BCUT2D eigenvalue weighted by Crippen LogP contribution is 2.35. The standard InChI is InChI=1S/C18H23BrN2S/c1-13(11-20(2)3)21-17-8-9-22-12-15(17)10-18(21)14-4-6-16(19)7-5-14/h4-7,10,13H,8-9,11-12H2,1-3H3. The molecule has 1 aromatic heterocycles. The molecule has 0 bridgehead atoms. The molecule has 0 fully saturated rings. The van der Waals surface area contributed by atoms with Crippen LogP contribution in [0.15, 0.2) is 34.8 Å². The van der Waals surface area contributed by atoms with Crippen LogP contribution in [-0.2, 0) is 12.2 Å². The van der Waals surface area contributed by atoms with Crippen molar-refractivity contribution in [3.05, 3.63) is 46.1 Å². The summed E-state index contributed by atoms with van der Waals surface area (Å²) in [6.45, 7) is 3.40. The van der Waals surface area contributed by atoms with E-state index in [4.69, 9.17) is 0 Å². The van der Waals surface area contributed by atoms with Crippen LogP contribution in [0, 0.1) is 0 Å². The van der Waals surface area contributed by atoms with Crippen LogP contribution in [-0.4, -0.2) is 35.9 Å². The molecule has 2 nitrogen and oxygen atoms in total. The van der Waals surface area contributed by atoms with Gasteiger partial charge in [0.05, 0.1) is 0 Å². The lowest BCUT2D eigenvalue weighted by molar-refractivity contribution is 0.335. The Hall–Kier alpha value is -0.710. The number of halogens is 1. The second-order valence-corrected chi connectivity index (χ2v) is 8.31. The van der Waals surface area contributed by atoms with Crippen molar-refractivity contribution in [3.63, 3.8) is 0 Å². The molecule has 2 heterocycles. The second-order valence-electron chi connectivity index (χ2n) is 6.29. The van der Waals surface area contributed by atoms with E-state index in [-0.39, 0.29) is 0 Å². The third kappa shape index (κ3) is 3.29. The third-order valence-corrected chi connectivity index (χ3v) is 5.72. The molecule has 1 aromatic carbocycles. The first-order valence-electron chi connectivity index (χ1n) is 7.77. The van der Waals surface area contributed by atoms with Crippen LogP contribution in [0.25, 0.3) is 11.3 Å². The van der Waals surface area contributed by atoms with Crippen molar-refractivity contribution in [1.82, 2.24) is 9.47 Å². The van der Waals surface area contributed by atoms with Gasteiger partial charge in [-0.2, -0.15) is 11.8 Å². The van der Waals surface area contributed by atoms with Crippen molar-refractivity contribution >= 4 is 27.7 Å². The third-order valence-electron chi connectivity index (χ3n) is 4.18. The van der Waals surface area contributed by atoms with Gasteiger partial charge in [-0.05, 0) is 62.5 Å². The predicted molar refractivity (Wildman–Crippen MR) is 101 cm³/mol. The molecule has 1 aliphatic rings. The van der Waals surface area contributed by atoms with E-state index in [0.29, 0.717) is 6.04 Å². The van der Waals surface area contributed by atoms with E-state index in [2.05, 4.69) is 88.5 Å². The molecule has 0 spiro atoms. The van der Waals surface area contributed by atoms with Crippen LogP contribution in [0.5, 0.6) is 0 Å². The van der Waals surface area contributed by atoms with Gasteiger partial charge in [0, 0.05) is 34.2 Å². The first-order chi connectivity index (χ1) is 10.6. The van der Waals surface area contributed by atoms with E-state index >= 15 is 0 Å². The Morgan fingerprint density at radius 1 is 1.27 bits per heavy atom. The molecule has 2 aromatic rings. The Bertz CT molecular complexity index is 646. The summed E-state index contributed by atoms with van der Waals surface area (Å²) in [5.41, 5.74) is 5.76. The number of rotatable bonds is 4. The normalized spacial score (nSPS) is 15.9. The summed E-state index contributed by atoms with van der Waals surface area (Å²) < 4.78 is 3.72.